The van der Waals surface area contributed by atoms with E-state index in [4.69, 9.17) is 10.2 Å². The summed E-state index contributed by atoms with van der Waals surface area (Å²) in [5, 5.41) is 15.1. The molecule has 106 valence electrons. The maximum atomic E-state index is 7.57. The van der Waals surface area contributed by atoms with Gasteiger partial charge in [-0.3, -0.25) is 6.08 Å². The molecule has 0 saturated carbocycles. The number of hydrogen-bond acceptors (Lipinski definition) is 2. The molecule has 0 aromatic carbocycles. The Hall–Kier alpha value is 0.283. The molecule has 18 heavy (non-hydrogen) atoms. The van der Waals surface area contributed by atoms with Crippen LogP contribution in [0.25, 0.3) is 0 Å². The van der Waals surface area contributed by atoms with E-state index in [0.29, 0.717) is 0 Å². The van der Waals surface area contributed by atoms with Gasteiger partial charge in [-0.05, 0) is 13.8 Å². The Kier molecular flexibility index (Phi) is 20.4. The van der Waals surface area contributed by atoms with Crippen molar-refractivity contribution in [3.63, 3.8) is 0 Å². The second-order valence-electron chi connectivity index (χ2n) is 4.26. The van der Waals surface area contributed by atoms with Crippen LogP contribution in [0, 0.1) is 18.9 Å². The first kappa shape index (κ1) is 26.8. The van der Waals surface area contributed by atoms with Gasteiger partial charge in [-0.2, -0.15) is 11.1 Å². The minimum Gasteiger partial charge on any atom is -0.397 e. The topological polar surface area (TPSA) is 40.5 Å². The van der Waals surface area contributed by atoms with Crippen molar-refractivity contribution < 1.29 is 36.4 Å². The SMILES string of the molecule is CC1=[C-]C(C)(C)C(C)=C1C.CCO.CCO.[CH3-].[Zr+2]. The van der Waals surface area contributed by atoms with Gasteiger partial charge < -0.3 is 17.6 Å². The van der Waals surface area contributed by atoms with Gasteiger partial charge in [0.05, 0.1) is 0 Å². The summed E-state index contributed by atoms with van der Waals surface area (Å²) in [6.45, 7) is 14.8. The summed E-state index contributed by atoms with van der Waals surface area (Å²) in [6.07, 6.45) is 3.44. The van der Waals surface area contributed by atoms with Crippen molar-refractivity contribution in [2.45, 2.75) is 48.5 Å². The molecule has 1 aliphatic rings. The molecule has 2 nitrogen and oxygen atoms in total. The van der Waals surface area contributed by atoms with E-state index in [0.717, 1.165) is 0 Å². The standard InChI is InChI=1S/C10H15.2C2H6O.CH3.Zr/c1-7-6-10(4,5)9(3)8(7)2;2*1-2-3;;/h1-5H3;2*3H,2H2,1H3;1H3;/q-1;;;-1;+2. The van der Waals surface area contributed by atoms with Crippen LogP contribution in [-0.2, 0) is 26.2 Å². The summed E-state index contributed by atoms with van der Waals surface area (Å²) < 4.78 is 0. The third-order valence-corrected chi connectivity index (χ3v) is 2.56. The van der Waals surface area contributed by atoms with Gasteiger partial charge in [0, 0.05) is 13.2 Å². The zero-order valence-electron chi connectivity index (χ0n) is 13.3. The Labute approximate surface area is 133 Å². The normalized spacial score (nSPS) is 15.1. The van der Waals surface area contributed by atoms with Gasteiger partial charge >= 0.3 is 26.2 Å². The smallest absolute Gasteiger partial charge is 0.397 e. The molecule has 0 fully saturated rings. The third kappa shape index (κ3) is 10.2. The fraction of sp³-hybridized carbons (Fsp3) is 0.667. The molecule has 0 saturated heterocycles. The Morgan fingerprint density at radius 1 is 1.00 bits per heavy atom. The molecule has 0 aromatic rings. The second kappa shape index (κ2) is 13.7. The molecule has 2 N–H and O–H groups in total. The quantitative estimate of drug-likeness (QED) is 0.666. The third-order valence-electron chi connectivity index (χ3n) is 2.56. The van der Waals surface area contributed by atoms with E-state index in [2.05, 4.69) is 40.7 Å². The van der Waals surface area contributed by atoms with E-state index in [9.17, 15) is 0 Å². The number of allylic oxidation sites excluding steroid dienone is 4. The molecule has 0 radical (unpaired) electrons. The maximum absolute atomic E-state index is 7.57. The molecule has 1 rings (SSSR count). The predicted molar refractivity (Wildman–Crippen MR) is 76.5 cm³/mol. The first-order valence-corrected chi connectivity index (χ1v) is 5.80. The van der Waals surface area contributed by atoms with Gasteiger partial charge in [-0.1, -0.05) is 33.1 Å². The summed E-state index contributed by atoms with van der Waals surface area (Å²) in [6, 6.07) is 0. The number of aliphatic hydroxyl groups excluding tert-OH is 2. The Morgan fingerprint density at radius 3 is 1.33 bits per heavy atom. The predicted octanol–water partition coefficient (Wildman–Crippen LogP) is 3.56. The fourth-order valence-electron chi connectivity index (χ4n) is 1.41. The van der Waals surface area contributed by atoms with Gasteiger partial charge in [0.25, 0.3) is 0 Å². The van der Waals surface area contributed by atoms with Gasteiger partial charge in [-0.25, -0.2) is 5.57 Å². The van der Waals surface area contributed by atoms with Gasteiger partial charge in [0.2, 0.25) is 0 Å². The van der Waals surface area contributed by atoms with Crippen LogP contribution in [0.2, 0.25) is 0 Å². The van der Waals surface area contributed by atoms with E-state index >= 15 is 0 Å². The monoisotopic (exact) mass is 332 g/mol. The summed E-state index contributed by atoms with van der Waals surface area (Å²) in [4.78, 5) is 0. The van der Waals surface area contributed by atoms with Gasteiger partial charge in [0.1, 0.15) is 0 Å². The molecular weight excluding hydrogens is 303 g/mol. The largest absolute Gasteiger partial charge is 2.00 e. The van der Waals surface area contributed by atoms with E-state index in [-0.39, 0.29) is 52.3 Å². The van der Waals surface area contributed by atoms with E-state index in [1.165, 1.54) is 16.7 Å². The minimum absolute atomic E-state index is 0. The molecule has 3 heteroatoms. The summed E-state index contributed by atoms with van der Waals surface area (Å²) >= 11 is 0. The summed E-state index contributed by atoms with van der Waals surface area (Å²) in [5.41, 5.74) is 4.39. The minimum atomic E-state index is 0. The molecule has 0 aromatic heterocycles. The van der Waals surface area contributed by atoms with Crippen molar-refractivity contribution >= 4 is 0 Å². The Bertz CT molecular complexity index is 251. The van der Waals surface area contributed by atoms with Crippen molar-refractivity contribution in [3.05, 3.63) is 30.2 Å². The number of hydrogen-bond donors (Lipinski definition) is 2. The van der Waals surface area contributed by atoms with Crippen molar-refractivity contribution in [3.8, 4) is 0 Å². The molecular formula is C15H30O2Zr. The molecule has 0 atom stereocenters. The van der Waals surface area contributed by atoms with Crippen LogP contribution < -0.4 is 0 Å². The van der Waals surface area contributed by atoms with Crippen LogP contribution in [0.15, 0.2) is 16.7 Å². The molecule has 0 spiro atoms. The maximum Gasteiger partial charge on any atom is 2.00 e. The van der Waals surface area contributed by atoms with Gasteiger partial charge in [0.15, 0.2) is 0 Å². The van der Waals surface area contributed by atoms with Crippen molar-refractivity contribution in [1.29, 1.82) is 0 Å². The van der Waals surface area contributed by atoms with Crippen LogP contribution in [0.3, 0.4) is 0 Å². The molecule has 0 heterocycles. The second-order valence-corrected chi connectivity index (χ2v) is 4.26. The van der Waals surface area contributed by atoms with Crippen molar-refractivity contribution in [2.75, 3.05) is 13.2 Å². The molecule has 0 amide bonds. The molecule has 1 aliphatic carbocycles. The van der Waals surface area contributed by atoms with Crippen LogP contribution in [0.4, 0.5) is 0 Å². The zero-order valence-corrected chi connectivity index (χ0v) is 15.8. The van der Waals surface area contributed by atoms with Crippen LogP contribution in [0.5, 0.6) is 0 Å². The average molecular weight is 334 g/mol. The Morgan fingerprint density at radius 2 is 1.28 bits per heavy atom. The van der Waals surface area contributed by atoms with Crippen LogP contribution >= 0.6 is 0 Å². The molecule has 0 bridgehead atoms. The van der Waals surface area contributed by atoms with Crippen LogP contribution in [0.1, 0.15) is 48.5 Å². The van der Waals surface area contributed by atoms with E-state index in [1.807, 2.05) is 0 Å². The summed E-state index contributed by atoms with van der Waals surface area (Å²) in [5.74, 6) is 0. The van der Waals surface area contributed by atoms with Gasteiger partial charge in [-0.15, -0.1) is 6.92 Å². The first-order chi connectivity index (χ1) is 7.28. The first-order valence-electron chi connectivity index (χ1n) is 5.80. The Balaban J connectivity index is -0.000000106. The van der Waals surface area contributed by atoms with E-state index < -0.39 is 0 Å². The fourth-order valence-corrected chi connectivity index (χ4v) is 1.41. The van der Waals surface area contributed by atoms with Crippen LogP contribution in [-0.4, -0.2) is 23.4 Å². The molecule has 0 aliphatic heterocycles. The molecule has 0 unspecified atom stereocenters. The zero-order chi connectivity index (χ0) is 13.4. The summed E-state index contributed by atoms with van der Waals surface area (Å²) in [7, 11) is 0. The van der Waals surface area contributed by atoms with Crippen molar-refractivity contribution in [1.82, 2.24) is 0 Å². The number of rotatable bonds is 0. The van der Waals surface area contributed by atoms with E-state index in [1.54, 1.807) is 13.8 Å². The van der Waals surface area contributed by atoms with Crippen molar-refractivity contribution in [2.24, 2.45) is 5.41 Å². The number of aliphatic hydroxyl groups is 2. The average Bonchev–Trinajstić information content (AvgIpc) is 2.32.